The number of rotatable bonds is 33. The maximum Gasteiger partial charge on any atom is 0.333 e. The van der Waals surface area contributed by atoms with Crippen molar-refractivity contribution in [3.05, 3.63) is 265 Å². The van der Waals surface area contributed by atoms with Crippen molar-refractivity contribution in [2.75, 3.05) is 0 Å². The molecular weight excluding hydrogens is 1400 g/mol. The van der Waals surface area contributed by atoms with E-state index in [0.29, 0.717) is 24.8 Å². The first-order valence-electron chi connectivity index (χ1n) is 39.4. The standard InChI is InChI=1S/C47H63NO5Si.C35H49NO3Si.C14H20O2/c1-11-12-24-38(53-54(47(8,9)10,39-26-15-13-16-27-39)40-28-17-14-18-29-40)25-20-21-30-41(49)44(46(5,6)7)48-43(50)31-22-19-23-35(2)34-37(4)42-33-32-36(3)45(51)52-42;1-9-11-21-28(22-18-19-27-31(37)33(34(3,4)5)36-32(38)20-10-2)39-40(35(6,7)8,29-23-14-12-15-24-29)30-25-16-13-17-26-30;1-5-6-10(2)9-12(4)13-8-7-11(3)14(15)16-13/h11-23,26-29,31-32,34,37-38,42,44H,24-25,30,33H2,1-10H3,(H,48,50);9-20,23-26,28,33H,21-22,27H2,1-8H3,(H,36,38);5-7,9,12-13H,8H2,1-4H3/b12-11-,21-20-,23-19-,31-22-,35-34+;11-9-,19-18-,20-10-;6-5-,10-9+/t37-,38-,42-,44+;28-,33+;12-,13-/m000/s1. The van der Waals surface area contributed by atoms with Crippen LogP contribution in [-0.4, -0.2) is 88.5 Å². The molecule has 0 aromatic heterocycles. The molecule has 2 heterocycles. The molecule has 0 saturated carbocycles. The van der Waals surface area contributed by atoms with Crippen molar-refractivity contribution in [3.63, 3.8) is 0 Å². The van der Waals surface area contributed by atoms with E-state index in [9.17, 15) is 28.8 Å². The lowest BCUT2D eigenvalue weighted by Crippen LogP contribution is -2.67. The lowest BCUT2D eigenvalue weighted by Gasteiger charge is -2.45. The first-order valence-corrected chi connectivity index (χ1v) is 43.2. The molecule has 2 aliphatic heterocycles. The number of hydrogen-bond acceptors (Lipinski definition) is 10. The minimum atomic E-state index is -2.76. The van der Waals surface area contributed by atoms with E-state index in [1.54, 1.807) is 39.0 Å². The molecule has 110 heavy (non-hydrogen) atoms. The van der Waals surface area contributed by atoms with E-state index in [0.717, 1.165) is 30.4 Å². The number of ketones is 2. The normalized spacial score (nSPS) is 17.6. The third-order valence-corrected chi connectivity index (χ3v) is 29.9. The zero-order chi connectivity index (χ0) is 81.9. The zero-order valence-corrected chi connectivity index (χ0v) is 72.5. The molecule has 0 bridgehead atoms. The maximum atomic E-state index is 13.6. The largest absolute Gasteiger partial charge is 0.458 e. The highest BCUT2D eigenvalue weighted by Gasteiger charge is 2.53. The average molecular weight is 1530 g/mol. The van der Waals surface area contributed by atoms with Crippen LogP contribution in [0.25, 0.3) is 0 Å². The van der Waals surface area contributed by atoms with Crippen LogP contribution in [0.5, 0.6) is 0 Å². The molecule has 12 nitrogen and oxygen atoms in total. The number of carbonyl (C=O) groups excluding carboxylic acids is 6. The molecule has 2 amide bonds. The summed E-state index contributed by atoms with van der Waals surface area (Å²) in [5, 5.41) is 10.5. The molecular formula is C96H132N2O10Si2. The number of amides is 2. The van der Waals surface area contributed by atoms with Gasteiger partial charge in [-0.15, -0.1) is 0 Å². The van der Waals surface area contributed by atoms with Crippen LogP contribution >= 0.6 is 0 Å². The van der Waals surface area contributed by atoms with Crippen LogP contribution in [0.4, 0.5) is 0 Å². The highest BCUT2D eigenvalue weighted by atomic mass is 28.4. The second-order valence-corrected chi connectivity index (χ2v) is 41.7. The lowest BCUT2D eigenvalue weighted by atomic mass is 9.83. The summed E-state index contributed by atoms with van der Waals surface area (Å²) in [6.45, 7) is 45.0. The summed E-state index contributed by atoms with van der Waals surface area (Å²) in [6.07, 6.45) is 43.0. The van der Waals surface area contributed by atoms with Gasteiger partial charge in [-0.1, -0.05) is 339 Å². The number of cyclic esters (lactones) is 2. The van der Waals surface area contributed by atoms with Crippen molar-refractivity contribution >= 4 is 72.7 Å². The minimum Gasteiger partial charge on any atom is -0.458 e. The molecule has 0 saturated heterocycles. The molecule has 0 radical (unpaired) electrons. The minimum absolute atomic E-state index is 0.000454. The molecule has 8 atom stereocenters. The second-order valence-electron chi connectivity index (χ2n) is 33.2. The second kappa shape index (κ2) is 45.6. The Balaban J connectivity index is 0.000000397. The van der Waals surface area contributed by atoms with Gasteiger partial charge in [-0.2, -0.15) is 0 Å². The lowest BCUT2D eigenvalue weighted by molar-refractivity contribution is -0.148. The van der Waals surface area contributed by atoms with Crippen molar-refractivity contribution < 1.29 is 47.1 Å². The number of nitrogens with one attached hydrogen (secondary N) is 2. The molecule has 4 aromatic rings. The van der Waals surface area contributed by atoms with E-state index in [1.165, 1.54) is 38.5 Å². The molecule has 0 fully saturated rings. The van der Waals surface area contributed by atoms with Gasteiger partial charge in [-0.25, -0.2) is 9.59 Å². The number of benzene rings is 4. The Kier molecular flexibility index (Phi) is 38.9. The van der Waals surface area contributed by atoms with Crippen molar-refractivity contribution in [1.29, 1.82) is 0 Å². The summed E-state index contributed by atoms with van der Waals surface area (Å²) < 4.78 is 25.7. The number of allylic oxidation sites excluding steroid dienone is 12. The Morgan fingerprint density at radius 3 is 1.05 bits per heavy atom. The quantitative estimate of drug-likeness (QED) is 0.0154. The summed E-state index contributed by atoms with van der Waals surface area (Å²) >= 11 is 0. The van der Waals surface area contributed by atoms with E-state index in [-0.39, 0.29) is 99.9 Å². The zero-order valence-electron chi connectivity index (χ0n) is 70.5. The van der Waals surface area contributed by atoms with E-state index in [1.807, 2.05) is 113 Å². The highest BCUT2D eigenvalue weighted by molar-refractivity contribution is 7.00. The van der Waals surface area contributed by atoms with Gasteiger partial charge in [0.15, 0.2) is 11.6 Å². The van der Waals surface area contributed by atoms with E-state index < -0.39 is 34.1 Å². The van der Waals surface area contributed by atoms with E-state index in [4.69, 9.17) is 18.3 Å². The topological polar surface area (TPSA) is 163 Å². The third kappa shape index (κ3) is 29.5. The Bertz CT molecular complexity index is 3880. The van der Waals surface area contributed by atoms with Crippen LogP contribution in [0.2, 0.25) is 10.1 Å². The van der Waals surface area contributed by atoms with Gasteiger partial charge in [-0.3, -0.25) is 19.2 Å². The number of Topliss-reactive ketones (excluding diaryl/α,β-unsaturated/α-hetero) is 2. The Morgan fingerprint density at radius 1 is 0.445 bits per heavy atom. The fourth-order valence-electron chi connectivity index (χ4n) is 13.8. The molecule has 0 aliphatic carbocycles. The molecule has 4 aromatic carbocycles. The van der Waals surface area contributed by atoms with E-state index in [2.05, 4.69) is 242 Å². The number of carbonyl (C=O) groups is 6. The van der Waals surface area contributed by atoms with Gasteiger partial charge in [0.25, 0.3) is 16.6 Å². The van der Waals surface area contributed by atoms with Crippen LogP contribution in [0.15, 0.2) is 265 Å². The molecule has 6 rings (SSSR count). The molecule has 0 spiro atoms. The van der Waals surface area contributed by atoms with Gasteiger partial charge in [0.05, 0.1) is 24.3 Å². The van der Waals surface area contributed by atoms with Crippen LogP contribution in [-0.2, 0) is 47.1 Å². The molecule has 0 unspecified atom stereocenters. The average Bonchev–Trinajstić information content (AvgIpc) is 0.749. The summed E-state index contributed by atoms with van der Waals surface area (Å²) in [5.41, 5.74) is 2.71. The van der Waals surface area contributed by atoms with Gasteiger partial charge in [-0.05, 0) is 129 Å². The van der Waals surface area contributed by atoms with Gasteiger partial charge in [0.2, 0.25) is 11.8 Å². The van der Waals surface area contributed by atoms with Gasteiger partial charge >= 0.3 is 11.9 Å². The van der Waals surface area contributed by atoms with Crippen LogP contribution < -0.4 is 31.4 Å². The summed E-state index contributed by atoms with van der Waals surface area (Å²) in [4.78, 5) is 75.2. The summed E-state index contributed by atoms with van der Waals surface area (Å²) in [7, 11) is -5.46. The number of esters is 2. The maximum absolute atomic E-state index is 13.6. The smallest absolute Gasteiger partial charge is 0.333 e. The van der Waals surface area contributed by atoms with Gasteiger partial charge in [0.1, 0.15) is 12.2 Å². The van der Waals surface area contributed by atoms with Crippen molar-refractivity contribution in [2.45, 2.75) is 250 Å². The highest BCUT2D eigenvalue weighted by Crippen LogP contribution is 2.40. The Labute approximate surface area is 664 Å². The Hall–Kier alpha value is -8.67. The summed E-state index contributed by atoms with van der Waals surface area (Å²) in [6, 6.07) is 41.4. The monoisotopic (exact) mass is 1530 g/mol. The SMILES string of the molecule is C/C=C\C(C)=C\[C@H](C)[C@@H]1CC=C(C)C(=O)O1.C/C=C\C[C@@H](C/C=C\CC(=O)[C@@H](NC(=O)/C=C\C)C(C)(C)C)O[Si](c1ccccc1)(c1ccccc1)C(C)(C)C.C/C=C\C[C@@H](C/C=C\CC(=O)[C@@H](NC(=O)\C=C/C=C\C(C)=C\[C@H](C)[C@@H]1CC=C(C)C(=O)O1)C(C)(C)C)O[Si](c1ccccc1)(c1ccccc1)C(C)(C)C. The number of ether oxygens (including phenoxy) is 2. The first-order chi connectivity index (χ1) is 51.9. The van der Waals surface area contributed by atoms with Crippen LogP contribution in [0, 0.1) is 22.7 Å². The molecule has 2 aliphatic rings. The molecule has 14 heteroatoms. The predicted octanol–water partition coefficient (Wildman–Crippen LogP) is 19.6. The van der Waals surface area contributed by atoms with Gasteiger partial charge < -0.3 is 29.0 Å². The fraction of sp³-hybridized carbons (Fsp3) is 0.438. The van der Waals surface area contributed by atoms with Gasteiger partial charge in [0, 0.05) is 54.7 Å². The molecule has 594 valence electrons. The summed E-state index contributed by atoms with van der Waals surface area (Å²) in [5.74, 6) is -0.753. The first kappa shape index (κ1) is 93.7. The van der Waals surface area contributed by atoms with Crippen LogP contribution in [0.3, 0.4) is 0 Å². The van der Waals surface area contributed by atoms with Crippen LogP contribution in [0.1, 0.15) is 204 Å². The Morgan fingerprint density at radius 2 is 0.755 bits per heavy atom. The number of hydrogen-bond donors (Lipinski definition) is 2. The molecule has 2 N–H and O–H groups in total. The van der Waals surface area contributed by atoms with Crippen molar-refractivity contribution in [1.82, 2.24) is 10.6 Å². The van der Waals surface area contributed by atoms with Crippen molar-refractivity contribution in [2.24, 2.45) is 22.7 Å². The van der Waals surface area contributed by atoms with E-state index >= 15 is 0 Å². The fourth-order valence-corrected chi connectivity index (χ4v) is 23.2. The third-order valence-electron chi connectivity index (χ3n) is 19.7. The van der Waals surface area contributed by atoms with Crippen molar-refractivity contribution in [3.8, 4) is 0 Å². The predicted molar refractivity (Wildman–Crippen MR) is 464 cm³/mol.